The molecule has 4 atom stereocenters. The number of hydrogen-bond acceptors (Lipinski definition) is 6. The Morgan fingerprint density at radius 3 is 2.57 bits per heavy atom. The standard InChI is InChI=1S/C24H34O6/c1-14-7-6-8-18-23(14,3)10-9-15(2)24(18,13-25)12-16-11-17(22(28)30-5)20(27)21(29-4)19(16)26/h11,15,18,25-27H,1,6-10,12-13H2,2-5H3. The van der Waals surface area contributed by atoms with Gasteiger partial charge in [-0.25, -0.2) is 4.79 Å². The fourth-order valence-corrected chi connectivity index (χ4v) is 6.05. The summed E-state index contributed by atoms with van der Waals surface area (Å²) in [6.45, 7) is 8.74. The van der Waals surface area contributed by atoms with Crippen LogP contribution in [0.1, 0.15) is 61.9 Å². The van der Waals surface area contributed by atoms with Crippen LogP contribution in [0.25, 0.3) is 0 Å². The van der Waals surface area contributed by atoms with Gasteiger partial charge >= 0.3 is 5.97 Å². The largest absolute Gasteiger partial charge is 0.504 e. The number of benzene rings is 1. The molecule has 30 heavy (non-hydrogen) atoms. The lowest BCUT2D eigenvalue weighted by Crippen LogP contribution is -2.54. The van der Waals surface area contributed by atoms with Gasteiger partial charge in [-0.1, -0.05) is 26.0 Å². The second kappa shape index (κ2) is 8.14. The SMILES string of the molecule is C=C1CCCC2C1(C)CCC(C)C2(CO)Cc1cc(C(=O)OC)c(O)c(OC)c1O. The Morgan fingerprint density at radius 2 is 1.97 bits per heavy atom. The Bertz CT molecular complexity index is 847. The molecule has 1 aromatic carbocycles. The van der Waals surface area contributed by atoms with Gasteiger partial charge in [0.25, 0.3) is 0 Å². The molecule has 0 bridgehead atoms. The van der Waals surface area contributed by atoms with Crippen molar-refractivity contribution in [1.82, 2.24) is 0 Å². The van der Waals surface area contributed by atoms with Crippen molar-refractivity contribution in [3.8, 4) is 17.2 Å². The van der Waals surface area contributed by atoms with E-state index in [1.54, 1.807) is 0 Å². The van der Waals surface area contributed by atoms with Crippen LogP contribution in [0.15, 0.2) is 18.2 Å². The molecule has 1 aromatic rings. The normalized spacial score (nSPS) is 31.2. The number of carbonyl (C=O) groups is 1. The monoisotopic (exact) mass is 418 g/mol. The number of esters is 1. The lowest BCUT2D eigenvalue weighted by Gasteiger charge is -2.59. The Morgan fingerprint density at radius 1 is 1.27 bits per heavy atom. The van der Waals surface area contributed by atoms with Crippen LogP contribution < -0.4 is 4.74 Å². The number of phenolic OH excluding ortho intramolecular Hbond substituents is 2. The average molecular weight is 419 g/mol. The highest BCUT2D eigenvalue weighted by Crippen LogP contribution is 2.62. The number of fused-ring (bicyclic) bond motifs is 1. The lowest BCUT2D eigenvalue weighted by molar-refractivity contribution is -0.0925. The summed E-state index contributed by atoms with van der Waals surface area (Å²) in [5.41, 5.74) is 1.10. The fourth-order valence-electron chi connectivity index (χ4n) is 6.05. The zero-order valence-corrected chi connectivity index (χ0v) is 18.5. The molecule has 2 saturated carbocycles. The summed E-state index contributed by atoms with van der Waals surface area (Å²) < 4.78 is 9.99. The number of aliphatic hydroxyl groups is 1. The highest BCUT2D eigenvalue weighted by molar-refractivity contribution is 5.94. The topological polar surface area (TPSA) is 96.2 Å². The van der Waals surface area contributed by atoms with Gasteiger partial charge in [0.15, 0.2) is 11.5 Å². The van der Waals surface area contributed by atoms with Gasteiger partial charge in [0.2, 0.25) is 5.75 Å². The molecule has 2 aliphatic rings. The fraction of sp³-hybridized carbons (Fsp3) is 0.625. The van der Waals surface area contributed by atoms with Crippen molar-refractivity contribution in [3.05, 3.63) is 29.3 Å². The first kappa shape index (κ1) is 22.5. The van der Waals surface area contributed by atoms with Crippen molar-refractivity contribution >= 4 is 5.97 Å². The van der Waals surface area contributed by atoms with Crippen molar-refractivity contribution in [2.24, 2.45) is 22.7 Å². The van der Waals surface area contributed by atoms with Crippen LogP contribution in [0.4, 0.5) is 0 Å². The van der Waals surface area contributed by atoms with Crippen LogP contribution in [0.5, 0.6) is 17.2 Å². The minimum atomic E-state index is -0.710. The number of hydrogen-bond donors (Lipinski definition) is 3. The summed E-state index contributed by atoms with van der Waals surface area (Å²) >= 11 is 0. The van der Waals surface area contributed by atoms with Crippen LogP contribution >= 0.6 is 0 Å². The number of allylic oxidation sites excluding steroid dienone is 1. The number of aliphatic hydroxyl groups excluding tert-OH is 1. The minimum Gasteiger partial charge on any atom is -0.504 e. The Balaban J connectivity index is 2.14. The van der Waals surface area contributed by atoms with Crippen molar-refractivity contribution in [2.75, 3.05) is 20.8 Å². The molecular weight excluding hydrogens is 384 g/mol. The number of ether oxygens (including phenoxy) is 2. The van der Waals surface area contributed by atoms with E-state index in [1.807, 2.05) is 0 Å². The lowest BCUT2D eigenvalue weighted by atomic mass is 9.45. The van der Waals surface area contributed by atoms with Crippen molar-refractivity contribution in [1.29, 1.82) is 0 Å². The van der Waals surface area contributed by atoms with Crippen molar-refractivity contribution in [2.45, 2.75) is 52.4 Å². The maximum Gasteiger partial charge on any atom is 0.341 e. The third kappa shape index (κ3) is 3.25. The predicted molar refractivity (Wildman–Crippen MR) is 114 cm³/mol. The van der Waals surface area contributed by atoms with Gasteiger partial charge in [0.1, 0.15) is 5.56 Å². The predicted octanol–water partition coefficient (Wildman–Crippen LogP) is 4.21. The van der Waals surface area contributed by atoms with E-state index in [4.69, 9.17) is 9.47 Å². The number of carbonyl (C=O) groups excluding carboxylic acids is 1. The van der Waals surface area contributed by atoms with E-state index in [2.05, 4.69) is 20.4 Å². The quantitative estimate of drug-likeness (QED) is 0.490. The Kier molecular flexibility index (Phi) is 6.10. The molecule has 4 unspecified atom stereocenters. The third-order valence-corrected chi connectivity index (χ3v) is 8.05. The molecule has 6 heteroatoms. The minimum absolute atomic E-state index is 0.0299. The van der Waals surface area contributed by atoms with E-state index in [1.165, 1.54) is 25.9 Å². The van der Waals surface area contributed by atoms with Gasteiger partial charge in [-0.3, -0.25) is 0 Å². The number of rotatable bonds is 5. The zero-order chi connectivity index (χ0) is 22.3. The molecule has 2 fully saturated rings. The second-order valence-corrected chi connectivity index (χ2v) is 9.28. The molecule has 0 radical (unpaired) electrons. The Hall–Kier alpha value is -2.21. The van der Waals surface area contributed by atoms with Gasteiger partial charge in [-0.05, 0) is 67.4 Å². The van der Waals surface area contributed by atoms with E-state index >= 15 is 0 Å². The molecule has 0 heterocycles. The molecule has 0 spiro atoms. The Labute approximate surface area is 178 Å². The third-order valence-electron chi connectivity index (χ3n) is 8.05. The molecule has 0 amide bonds. The van der Waals surface area contributed by atoms with Gasteiger partial charge in [0.05, 0.1) is 14.2 Å². The average Bonchev–Trinajstić information content (AvgIpc) is 2.73. The summed E-state index contributed by atoms with van der Waals surface area (Å²) in [6.07, 6.45) is 5.38. The van der Waals surface area contributed by atoms with Gasteiger partial charge in [0, 0.05) is 12.0 Å². The maximum absolute atomic E-state index is 12.2. The summed E-state index contributed by atoms with van der Waals surface area (Å²) in [4.78, 5) is 12.2. The highest BCUT2D eigenvalue weighted by atomic mass is 16.5. The van der Waals surface area contributed by atoms with Crippen molar-refractivity contribution in [3.63, 3.8) is 0 Å². The van der Waals surface area contributed by atoms with Gasteiger partial charge in [-0.2, -0.15) is 0 Å². The van der Waals surface area contributed by atoms with Crippen LogP contribution in [0.2, 0.25) is 0 Å². The first-order chi connectivity index (χ1) is 14.2. The number of methoxy groups -OCH3 is 2. The highest BCUT2D eigenvalue weighted by Gasteiger charge is 2.56. The molecule has 6 nitrogen and oxygen atoms in total. The first-order valence-electron chi connectivity index (χ1n) is 10.7. The second-order valence-electron chi connectivity index (χ2n) is 9.28. The molecule has 3 N–H and O–H groups in total. The molecule has 0 aliphatic heterocycles. The zero-order valence-electron chi connectivity index (χ0n) is 18.5. The van der Waals surface area contributed by atoms with Crippen LogP contribution in [-0.2, 0) is 11.2 Å². The summed E-state index contributed by atoms with van der Waals surface area (Å²) in [7, 11) is 2.56. The summed E-state index contributed by atoms with van der Waals surface area (Å²) in [5.74, 6) is -1.09. The van der Waals surface area contributed by atoms with Gasteiger partial charge in [-0.15, -0.1) is 0 Å². The first-order valence-corrected chi connectivity index (χ1v) is 10.7. The van der Waals surface area contributed by atoms with Crippen LogP contribution in [0, 0.1) is 22.7 Å². The molecule has 166 valence electrons. The molecular formula is C24H34O6. The van der Waals surface area contributed by atoms with E-state index in [-0.39, 0.29) is 40.9 Å². The summed E-state index contributed by atoms with van der Waals surface area (Å²) in [6, 6.07) is 1.47. The van der Waals surface area contributed by atoms with E-state index < -0.39 is 17.1 Å². The smallest absolute Gasteiger partial charge is 0.341 e. The van der Waals surface area contributed by atoms with Gasteiger partial charge < -0.3 is 24.8 Å². The molecule has 2 aliphatic carbocycles. The molecule has 3 rings (SSSR count). The van der Waals surface area contributed by atoms with Crippen LogP contribution in [-0.4, -0.2) is 42.1 Å². The van der Waals surface area contributed by atoms with E-state index in [9.17, 15) is 20.1 Å². The summed E-state index contributed by atoms with van der Waals surface area (Å²) in [5, 5.41) is 32.0. The van der Waals surface area contributed by atoms with E-state index in [0.717, 1.165) is 32.1 Å². The van der Waals surface area contributed by atoms with Crippen LogP contribution in [0.3, 0.4) is 0 Å². The van der Waals surface area contributed by atoms with Crippen molar-refractivity contribution < 1.29 is 29.6 Å². The maximum atomic E-state index is 12.2. The number of aromatic hydroxyl groups is 2. The number of phenols is 2. The molecule has 0 saturated heterocycles. The molecule has 0 aromatic heterocycles. The van der Waals surface area contributed by atoms with E-state index in [0.29, 0.717) is 12.0 Å².